The highest BCUT2D eigenvalue weighted by atomic mass is 16.6. The summed E-state index contributed by atoms with van der Waals surface area (Å²) in [7, 11) is 0. The van der Waals surface area contributed by atoms with Crippen molar-refractivity contribution in [3.8, 4) is 0 Å². The molecule has 0 rings (SSSR count). The molecule has 0 bridgehead atoms. The summed E-state index contributed by atoms with van der Waals surface area (Å²) in [6.45, 7) is 9.02. The summed E-state index contributed by atoms with van der Waals surface area (Å²) >= 11 is 0. The van der Waals surface area contributed by atoms with E-state index in [1.54, 1.807) is 0 Å². The molecule has 0 saturated heterocycles. The fourth-order valence-corrected chi connectivity index (χ4v) is 8.54. The van der Waals surface area contributed by atoms with Crippen molar-refractivity contribution in [1.82, 2.24) is 0 Å². The lowest BCUT2D eigenvalue weighted by molar-refractivity contribution is -0.167. The molecule has 0 fully saturated rings. The van der Waals surface area contributed by atoms with Gasteiger partial charge in [0.25, 0.3) is 0 Å². The van der Waals surface area contributed by atoms with Crippen molar-refractivity contribution in [1.29, 1.82) is 0 Å². The third-order valence-corrected chi connectivity index (χ3v) is 13.2. The van der Waals surface area contributed by atoms with E-state index >= 15 is 0 Å². The Bertz CT molecular complexity index is 935. The predicted octanol–water partition coefficient (Wildman–Crippen LogP) is 18.2. The van der Waals surface area contributed by atoms with Gasteiger partial charge in [0.1, 0.15) is 13.2 Å². The van der Waals surface area contributed by atoms with E-state index in [2.05, 4.69) is 27.7 Å². The van der Waals surface area contributed by atoms with E-state index in [0.717, 1.165) is 63.7 Å². The SMILES string of the molecule is CCCCCCCCCCCCCCCCCCCCC(=O)O[C@@H](COC(=O)CCCCCCCCCCCCCCCCCC)COC(=O)CCCCCCCCC(C)CC. The Labute approximate surface area is 387 Å². The molecule has 0 heterocycles. The van der Waals surface area contributed by atoms with E-state index < -0.39 is 6.10 Å². The number of hydrogen-bond acceptors (Lipinski definition) is 6. The Morgan fingerprint density at radius 2 is 0.565 bits per heavy atom. The lowest BCUT2D eigenvalue weighted by Crippen LogP contribution is -2.30. The lowest BCUT2D eigenvalue weighted by atomic mass is 10.00. The number of carbonyl (C=O) groups excluding carboxylic acids is 3. The van der Waals surface area contributed by atoms with Gasteiger partial charge in [-0.2, -0.15) is 0 Å². The summed E-state index contributed by atoms with van der Waals surface area (Å²) in [4.78, 5) is 38.0. The van der Waals surface area contributed by atoms with E-state index in [9.17, 15) is 14.4 Å². The largest absolute Gasteiger partial charge is 0.462 e. The molecule has 0 aliphatic carbocycles. The first-order valence-corrected chi connectivity index (χ1v) is 27.9. The second kappa shape index (κ2) is 50.4. The summed E-state index contributed by atoms with van der Waals surface area (Å²) in [6.07, 6.45) is 53.8. The molecule has 0 aromatic carbocycles. The third-order valence-electron chi connectivity index (χ3n) is 13.2. The zero-order valence-electron chi connectivity index (χ0n) is 42.3. The number of esters is 3. The molecule has 62 heavy (non-hydrogen) atoms. The van der Waals surface area contributed by atoms with Gasteiger partial charge in [-0.1, -0.05) is 278 Å². The van der Waals surface area contributed by atoms with Gasteiger partial charge in [0.15, 0.2) is 6.10 Å². The number of ether oxygens (including phenoxy) is 3. The van der Waals surface area contributed by atoms with Crippen LogP contribution in [0.5, 0.6) is 0 Å². The standard InChI is InChI=1S/C56H108O6/c1-5-8-10-12-14-16-18-20-22-24-25-27-29-31-33-35-41-45-49-56(59)62-53(51-61-55(58)48-44-40-37-36-38-42-46-52(4)7-3)50-60-54(57)47-43-39-34-32-30-28-26-23-21-19-17-15-13-11-9-6-2/h52-53H,5-51H2,1-4H3/t52?,53-/m0/s1. The fourth-order valence-electron chi connectivity index (χ4n) is 8.54. The average molecular weight is 877 g/mol. The van der Waals surface area contributed by atoms with Gasteiger partial charge >= 0.3 is 17.9 Å². The van der Waals surface area contributed by atoms with Gasteiger partial charge in [0.05, 0.1) is 0 Å². The van der Waals surface area contributed by atoms with Gasteiger partial charge in [-0.05, 0) is 25.2 Å². The van der Waals surface area contributed by atoms with Crippen LogP contribution >= 0.6 is 0 Å². The maximum absolute atomic E-state index is 12.8. The van der Waals surface area contributed by atoms with Crippen molar-refractivity contribution in [2.45, 2.75) is 323 Å². The monoisotopic (exact) mass is 877 g/mol. The number of hydrogen-bond donors (Lipinski definition) is 0. The minimum atomic E-state index is -0.762. The third kappa shape index (κ3) is 47.9. The van der Waals surface area contributed by atoms with Gasteiger partial charge in [0.2, 0.25) is 0 Å². The summed E-state index contributed by atoms with van der Waals surface area (Å²) in [5.41, 5.74) is 0. The first-order valence-electron chi connectivity index (χ1n) is 27.9. The van der Waals surface area contributed by atoms with Crippen molar-refractivity contribution in [3.05, 3.63) is 0 Å². The Hall–Kier alpha value is -1.59. The van der Waals surface area contributed by atoms with E-state index in [0.29, 0.717) is 19.3 Å². The quantitative estimate of drug-likeness (QED) is 0.0344. The molecule has 2 atom stereocenters. The zero-order valence-corrected chi connectivity index (χ0v) is 42.3. The van der Waals surface area contributed by atoms with E-state index in [1.807, 2.05) is 0 Å². The molecule has 0 radical (unpaired) electrons. The lowest BCUT2D eigenvalue weighted by Gasteiger charge is -2.18. The topological polar surface area (TPSA) is 78.9 Å². The van der Waals surface area contributed by atoms with Crippen LogP contribution in [-0.4, -0.2) is 37.2 Å². The molecule has 1 unspecified atom stereocenters. The Balaban J connectivity index is 4.26. The van der Waals surface area contributed by atoms with Crippen LogP contribution in [-0.2, 0) is 28.6 Å². The molecule has 0 aliphatic heterocycles. The first-order chi connectivity index (χ1) is 30.4. The molecule has 0 aromatic rings. The van der Waals surface area contributed by atoms with Gasteiger partial charge < -0.3 is 14.2 Å². The fraction of sp³-hybridized carbons (Fsp3) is 0.946. The molecular formula is C56H108O6. The van der Waals surface area contributed by atoms with E-state index in [4.69, 9.17) is 14.2 Å². The van der Waals surface area contributed by atoms with Crippen LogP contribution in [0.2, 0.25) is 0 Å². The summed E-state index contributed by atoms with van der Waals surface area (Å²) in [5.74, 6) is -0.0282. The smallest absolute Gasteiger partial charge is 0.306 e. The molecule has 0 saturated carbocycles. The average Bonchev–Trinajstić information content (AvgIpc) is 3.27. The maximum atomic E-state index is 12.8. The molecule has 0 amide bonds. The van der Waals surface area contributed by atoms with Crippen LogP contribution in [0.1, 0.15) is 317 Å². The number of carbonyl (C=O) groups is 3. The Kier molecular flexibility index (Phi) is 49.1. The molecule has 0 N–H and O–H groups in total. The Morgan fingerprint density at radius 1 is 0.323 bits per heavy atom. The van der Waals surface area contributed by atoms with E-state index in [-0.39, 0.29) is 31.1 Å². The van der Waals surface area contributed by atoms with Crippen LogP contribution in [0.3, 0.4) is 0 Å². The van der Waals surface area contributed by atoms with Crippen molar-refractivity contribution in [2.24, 2.45) is 5.92 Å². The zero-order chi connectivity index (χ0) is 45.2. The van der Waals surface area contributed by atoms with Gasteiger partial charge in [-0.25, -0.2) is 0 Å². The van der Waals surface area contributed by atoms with Crippen LogP contribution in [0.25, 0.3) is 0 Å². The van der Waals surface area contributed by atoms with Crippen molar-refractivity contribution < 1.29 is 28.6 Å². The summed E-state index contributed by atoms with van der Waals surface area (Å²) < 4.78 is 16.8. The van der Waals surface area contributed by atoms with Gasteiger partial charge in [-0.15, -0.1) is 0 Å². The molecular weight excluding hydrogens is 769 g/mol. The highest BCUT2D eigenvalue weighted by Crippen LogP contribution is 2.18. The summed E-state index contributed by atoms with van der Waals surface area (Å²) in [5, 5.41) is 0. The van der Waals surface area contributed by atoms with Gasteiger partial charge in [0, 0.05) is 19.3 Å². The maximum Gasteiger partial charge on any atom is 0.306 e. The molecule has 6 nitrogen and oxygen atoms in total. The molecule has 0 aromatic heterocycles. The highest BCUT2D eigenvalue weighted by molar-refractivity contribution is 5.71. The number of rotatable bonds is 51. The molecule has 0 aliphatic rings. The van der Waals surface area contributed by atoms with Crippen molar-refractivity contribution in [3.63, 3.8) is 0 Å². The number of unbranched alkanes of at least 4 members (excludes halogenated alkanes) is 37. The summed E-state index contributed by atoms with van der Waals surface area (Å²) in [6, 6.07) is 0. The normalized spacial score (nSPS) is 12.4. The van der Waals surface area contributed by atoms with Gasteiger partial charge in [-0.3, -0.25) is 14.4 Å². The molecule has 6 heteroatoms. The minimum Gasteiger partial charge on any atom is -0.462 e. The van der Waals surface area contributed by atoms with Crippen LogP contribution in [0, 0.1) is 5.92 Å². The van der Waals surface area contributed by atoms with Crippen LogP contribution in [0.15, 0.2) is 0 Å². The van der Waals surface area contributed by atoms with Crippen LogP contribution < -0.4 is 0 Å². The van der Waals surface area contributed by atoms with Crippen LogP contribution in [0.4, 0.5) is 0 Å². The molecule has 368 valence electrons. The van der Waals surface area contributed by atoms with Crippen molar-refractivity contribution in [2.75, 3.05) is 13.2 Å². The second-order valence-electron chi connectivity index (χ2n) is 19.5. The molecule has 0 spiro atoms. The first kappa shape index (κ1) is 60.4. The predicted molar refractivity (Wildman–Crippen MR) is 266 cm³/mol. The second-order valence-corrected chi connectivity index (χ2v) is 19.5. The van der Waals surface area contributed by atoms with Crippen molar-refractivity contribution >= 4 is 17.9 Å². The highest BCUT2D eigenvalue weighted by Gasteiger charge is 2.19. The van der Waals surface area contributed by atoms with E-state index in [1.165, 1.54) is 212 Å². The minimum absolute atomic E-state index is 0.0630. The Morgan fingerprint density at radius 3 is 0.839 bits per heavy atom.